The van der Waals surface area contributed by atoms with Gasteiger partial charge in [0.1, 0.15) is 15.6 Å². The first-order valence-electron chi connectivity index (χ1n) is 11.5. The highest BCUT2D eigenvalue weighted by atomic mass is 32.2. The zero-order valence-electron chi connectivity index (χ0n) is 19.6. The molecule has 38 heavy (non-hydrogen) atoms. The van der Waals surface area contributed by atoms with Gasteiger partial charge in [0.05, 0.1) is 17.1 Å². The fourth-order valence-corrected chi connectivity index (χ4v) is 5.78. The molecule has 1 atom stereocenters. The average Bonchev–Trinajstić information content (AvgIpc) is 3.35. The van der Waals surface area contributed by atoms with Crippen LogP contribution in [0.3, 0.4) is 0 Å². The van der Waals surface area contributed by atoms with Gasteiger partial charge in [0.25, 0.3) is 0 Å². The van der Waals surface area contributed by atoms with Crippen LogP contribution in [0.1, 0.15) is 47.9 Å². The lowest BCUT2D eigenvalue weighted by Gasteiger charge is -2.24. The number of sulfone groups is 1. The van der Waals surface area contributed by atoms with Crippen molar-refractivity contribution in [2.75, 3.05) is 11.5 Å². The summed E-state index contributed by atoms with van der Waals surface area (Å²) < 4.78 is 106. The van der Waals surface area contributed by atoms with Crippen LogP contribution in [-0.4, -0.2) is 40.8 Å². The molecule has 204 valence electrons. The number of aromatic nitrogens is 3. The summed E-state index contributed by atoms with van der Waals surface area (Å²) in [6.45, 7) is 0. The molecule has 1 saturated heterocycles. The lowest BCUT2D eigenvalue weighted by molar-refractivity contribution is -0.159. The summed E-state index contributed by atoms with van der Waals surface area (Å²) in [5, 5.41) is 3.29. The summed E-state index contributed by atoms with van der Waals surface area (Å²) >= 11 is 0. The molecular weight excluding hydrogens is 540 g/mol. The molecule has 0 aliphatic carbocycles. The van der Waals surface area contributed by atoms with Crippen molar-refractivity contribution < 1.29 is 44.1 Å². The maximum absolute atomic E-state index is 13.3. The van der Waals surface area contributed by atoms with Crippen LogP contribution in [0, 0.1) is 5.92 Å². The molecule has 1 aromatic carbocycles. The topological polar surface area (TPSA) is 103 Å². The molecule has 7 nitrogen and oxygen atoms in total. The number of halogens is 6. The van der Waals surface area contributed by atoms with Crippen LogP contribution in [0.2, 0.25) is 0 Å². The van der Waals surface area contributed by atoms with Gasteiger partial charge in [-0.05, 0) is 48.9 Å². The van der Waals surface area contributed by atoms with E-state index in [2.05, 4.69) is 19.6 Å². The van der Waals surface area contributed by atoms with Gasteiger partial charge >= 0.3 is 18.2 Å². The highest BCUT2D eigenvalue weighted by Crippen LogP contribution is 2.35. The van der Waals surface area contributed by atoms with Gasteiger partial charge in [0, 0.05) is 29.8 Å². The highest BCUT2D eigenvalue weighted by Gasteiger charge is 2.38. The molecule has 1 aliphatic rings. The molecule has 3 aromatic rings. The SMILES string of the molecule is O=C(CC(Cc1ccc(-c2noc(C(F)(F)F)n2)cn1)c1cccc(C(F)(F)F)c1)C1CCS(=O)(=O)CC1. The van der Waals surface area contributed by atoms with Gasteiger partial charge in [-0.3, -0.25) is 9.78 Å². The zero-order chi connectivity index (χ0) is 27.7. The average molecular weight is 562 g/mol. The Labute approximate surface area is 213 Å². The maximum Gasteiger partial charge on any atom is 0.471 e. The normalized spacial score (nSPS) is 17.3. The van der Waals surface area contributed by atoms with Gasteiger partial charge in [-0.15, -0.1) is 0 Å². The molecule has 1 aliphatic heterocycles. The Kier molecular flexibility index (Phi) is 7.64. The fourth-order valence-electron chi connectivity index (χ4n) is 4.28. The Morgan fingerprint density at radius 1 is 1.03 bits per heavy atom. The van der Waals surface area contributed by atoms with E-state index >= 15 is 0 Å². The Morgan fingerprint density at radius 2 is 1.74 bits per heavy atom. The first-order chi connectivity index (χ1) is 17.7. The minimum atomic E-state index is -4.81. The third-order valence-corrected chi connectivity index (χ3v) is 8.07. The molecule has 0 saturated carbocycles. The number of hydrogen-bond donors (Lipinski definition) is 0. The van der Waals surface area contributed by atoms with Gasteiger partial charge in [0.2, 0.25) is 5.82 Å². The Balaban J connectivity index is 1.56. The number of ketones is 1. The van der Waals surface area contributed by atoms with Gasteiger partial charge < -0.3 is 4.52 Å². The Morgan fingerprint density at radius 3 is 2.32 bits per heavy atom. The van der Waals surface area contributed by atoms with Crippen LogP contribution in [0.25, 0.3) is 11.4 Å². The zero-order valence-corrected chi connectivity index (χ0v) is 20.4. The number of nitrogens with zero attached hydrogens (tertiary/aromatic N) is 3. The van der Waals surface area contributed by atoms with E-state index in [1.165, 1.54) is 30.5 Å². The number of alkyl halides is 6. The number of benzene rings is 1. The molecule has 14 heteroatoms. The number of carbonyl (C=O) groups is 1. The van der Waals surface area contributed by atoms with Gasteiger partial charge in [-0.1, -0.05) is 23.4 Å². The van der Waals surface area contributed by atoms with Crippen molar-refractivity contribution in [2.45, 2.75) is 44.0 Å². The number of hydrogen-bond acceptors (Lipinski definition) is 7. The van der Waals surface area contributed by atoms with Crippen LogP contribution < -0.4 is 0 Å². The number of pyridine rings is 1. The van der Waals surface area contributed by atoms with Crippen LogP contribution in [0.5, 0.6) is 0 Å². The number of rotatable bonds is 7. The second kappa shape index (κ2) is 10.5. The molecule has 1 fully saturated rings. The highest BCUT2D eigenvalue weighted by molar-refractivity contribution is 7.91. The summed E-state index contributed by atoms with van der Waals surface area (Å²) in [6.07, 6.45) is -7.96. The largest absolute Gasteiger partial charge is 0.471 e. The van der Waals surface area contributed by atoms with E-state index in [-0.39, 0.29) is 59.9 Å². The molecule has 1 unspecified atom stereocenters. The van der Waals surface area contributed by atoms with Crippen LogP contribution in [0.4, 0.5) is 26.3 Å². The van der Waals surface area contributed by atoms with E-state index in [9.17, 15) is 39.6 Å². The quantitative estimate of drug-likeness (QED) is 0.362. The molecule has 4 rings (SSSR count). The summed E-state index contributed by atoms with van der Waals surface area (Å²) in [5.41, 5.74) is -0.120. The Bertz CT molecular complexity index is 1390. The molecule has 3 heterocycles. The van der Waals surface area contributed by atoms with Gasteiger partial charge in [0.15, 0.2) is 0 Å². The summed E-state index contributed by atoms with van der Waals surface area (Å²) in [4.78, 5) is 20.5. The van der Waals surface area contributed by atoms with Crippen molar-refractivity contribution in [1.82, 2.24) is 15.1 Å². The van der Waals surface area contributed by atoms with E-state index in [4.69, 9.17) is 0 Å². The number of carbonyl (C=O) groups excluding carboxylic acids is 1. The first-order valence-corrected chi connectivity index (χ1v) is 13.3. The molecule has 0 radical (unpaired) electrons. The van der Waals surface area contributed by atoms with Gasteiger partial charge in [-0.2, -0.15) is 31.3 Å². The fraction of sp³-hybridized carbons (Fsp3) is 0.417. The van der Waals surface area contributed by atoms with E-state index < -0.39 is 45.5 Å². The molecule has 0 amide bonds. The second-order valence-electron chi connectivity index (χ2n) is 9.08. The number of Topliss-reactive ketones (excluding diaryl/α,β-unsaturated/α-hetero) is 1. The van der Waals surface area contributed by atoms with Crippen LogP contribution in [0.15, 0.2) is 47.1 Å². The molecule has 0 bridgehead atoms. The standard InChI is InChI=1S/C24H21F6N3O4S/c25-23(26,27)18-3-1-2-15(10-18)17(12-20(34)14-6-8-38(35,36)9-7-14)11-19-5-4-16(13-31-19)21-32-22(37-33-21)24(28,29)30/h1-5,10,13-14,17H,6-9,11-12H2. The molecular formula is C24H21F6N3O4S. The molecule has 2 aromatic heterocycles. The lowest BCUT2D eigenvalue weighted by atomic mass is 9.84. The predicted octanol–water partition coefficient (Wildman–Crippen LogP) is 5.28. The molecule has 0 spiro atoms. The summed E-state index contributed by atoms with van der Waals surface area (Å²) in [7, 11) is -3.20. The van der Waals surface area contributed by atoms with E-state index in [1.54, 1.807) is 0 Å². The first kappa shape index (κ1) is 27.7. The van der Waals surface area contributed by atoms with Crippen molar-refractivity contribution in [3.8, 4) is 11.4 Å². The predicted molar refractivity (Wildman–Crippen MR) is 121 cm³/mol. The monoisotopic (exact) mass is 561 g/mol. The van der Waals surface area contributed by atoms with E-state index in [1.807, 2.05) is 0 Å². The van der Waals surface area contributed by atoms with Crippen molar-refractivity contribution >= 4 is 15.6 Å². The van der Waals surface area contributed by atoms with Gasteiger partial charge in [-0.25, -0.2) is 8.42 Å². The summed E-state index contributed by atoms with van der Waals surface area (Å²) in [5.74, 6) is -3.56. The third-order valence-electron chi connectivity index (χ3n) is 6.35. The lowest BCUT2D eigenvalue weighted by Crippen LogP contribution is -2.29. The van der Waals surface area contributed by atoms with Crippen LogP contribution in [-0.2, 0) is 33.4 Å². The third kappa shape index (κ3) is 6.77. The van der Waals surface area contributed by atoms with Crippen molar-refractivity contribution in [3.63, 3.8) is 0 Å². The molecule has 0 N–H and O–H groups in total. The minimum absolute atomic E-state index is 0.0540. The van der Waals surface area contributed by atoms with E-state index in [0.717, 1.165) is 12.1 Å². The maximum atomic E-state index is 13.3. The van der Waals surface area contributed by atoms with Crippen molar-refractivity contribution in [1.29, 1.82) is 0 Å². The smallest absolute Gasteiger partial charge is 0.329 e. The Hall–Kier alpha value is -3.29. The van der Waals surface area contributed by atoms with E-state index in [0.29, 0.717) is 5.69 Å². The summed E-state index contributed by atoms with van der Waals surface area (Å²) in [6, 6.07) is 7.46. The minimum Gasteiger partial charge on any atom is -0.329 e. The second-order valence-corrected chi connectivity index (χ2v) is 11.4. The van der Waals surface area contributed by atoms with Crippen molar-refractivity contribution in [3.05, 3.63) is 65.3 Å². The van der Waals surface area contributed by atoms with Crippen molar-refractivity contribution in [2.24, 2.45) is 5.92 Å². The van der Waals surface area contributed by atoms with Crippen LogP contribution >= 0.6 is 0 Å².